The van der Waals surface area contributed by atoms with Crippen LogP contribution in [0.2, 0.25) is 0 Å². The lowest BCUT2D eigenvalue weighted by Crippen LogP contribution is -1.97. The number of carbonyl (C=O) groups excluding carboxylic acids is 1. The Bertz CT molecular complexity index is 1200. The molecule has 0 aliphatic rings. The van der Waals surface area contributed by atoms with Gasteiger partial charge in [-0.2, -0.15) is 0 Å². The molecule has 28 heavy (non-hydrogen) atoms. The molecule has 3 aromatic carbocycles. The van der Waals surface area contributed by atoms with Gasteiger partial charge in [0.2, 0.25) is 0 Å². The van der Waals surface area contributed by atoms with Crippen molar-refractivity contribution in [1.29, 1.82) is 0 Å². The van der Waals surface area contributed by atoms with E-state index in [0.717, 1.165) is 21.7 Å². The zero-order valence-corrected chi connectivity index (χ0v) is 15.6. The maximum Gasteiger partial charge on any atom is 0.163 e. The molecule has 4 aromatic rings. The van der Waals surface area contributed by atoms with Crippen LogP contribution in [0, 0.1) is 0 Å². The Morgan fingerprint density at radius 3 is 2.68 bits per heavy atom. The number of nitrogens with zero attached hydrogens (tertiary/aromatic N) is 1. The van der Waals surface area contributed by atoms with Gasteiger partial charge in [-0.1, -0.05) is 25.1 Å². The lowest BCUT2D eigenvalue weighted by atomic mass is 10.00. The summed E-state index contributed by atoms with van der Waals surface area (Å²) in [5.74, 6) is 1.74. The first-order valence-corrected chi connectivity index (χ1v) is 9.00. The summed E-state index contributed by atoms with van der Waals surface area (Å²) in [6.07, 6.45) is 2.09. The molecule has 0 radical (unpaired) electrons. The van der Waals surface area contributed by atoms with E-state index in [1.807, 2.05) is 43.3 Å². The predicted molar refractivity (Wildman–Crippen MR) is 109 cm³/mol. The van der Waals surface area contributed by atoms with Gasteiger partial charge in [0.1, 0.15) is 11.5 Å². The summed E-state index contributed by atoms with van der Waals surface area (Å²) in [7, 11) is 1.50. The number of rotatable bonds is 5. The van der Waals surface area contributed by atoms with Crippen molar-refractivity contribution in [2.45, 2.75) is 13.3 Å². The van der Waals surface area contributed by atoms with Gasteiger partial charge >= 0.3 is 0 Å². The Morgan fingerprint density at radius 2 is 1.89 bits per heavy atom. The van der Waals surface area contributed by atoms with Gasteiger partial charge in [0, 0.05) is 29.6 Å². The Kier molecular flexibility index (Phi) is 4.57. The molecular weight excluding hydrogens is 354 g/mol. The first-order chi connectivity index (χ1) is 13.6. The molecule has 140 valence electrons. The number of methoxy groups -OCH3 is 1. The molecule has 0 aliphatic carbocycles. The maximum atomic E-state index is 12.2. The van der Waals surface area contributed by atoms with Crippen LogP contribution in [0.1, 0.15) is 23.7 Å². The SMILES string of the molecule is CCC(=O)c1cccc2cc(Oc3ccnc4cc(O)c(OC)cc34)ccc12. The fourth-order valence-electron chi connectivity index (χ4n) is 3.27. The average Bonchev–Trinajstić information content (AvgIpc) is 2.72. The number of Topliss-reactive ketones (excluding diaryl/α,β-unsaturated/α-hetero) is 1. The van der Waals surface area contributed by atoms with Crippen molar-refractivity contribution in [2.24, 2.45) is 0 Å². The lowest BCUT2D eigenvalue weighted by Gasteiger charge is -2.12. The number of phenolic OH excluding ortho intramolecular Hbond substituents is 1. The minimum Gasteiger partial charge on any atom is -0.504 e. The summed E-state index contributed by atoms with van der Waals surface area (Å²) in [4.78, 5) is 16.4. The normalized spacial score (nSPS) is 10.9. The van der Waals surface area contributed by atoms with Crippen LogP contribution in [0.3, 0.4) is 0 Å². The van der Waals surface area contributed by atoms with Crippen LogP contribution in [0.25, 0.3) is 21.7 Å². The van der Waals surface area contributed by atoms with Crippen LogP contribution in [-0.4, -0.2) is 23.0 Å². The number of benzene rings is 3. The van der Waals surface area contributed by atoms with E-state index in [2.05, 4.69) is 4.98 Å². The van der Waals surface area contributed by atoms with E-state index < -0.39 is 0 Å². The van der Waals surface area contributed by atoms with E-state index in [9.17, 15) is 9.90 Å². The molecule has 0 atom stereocenters. The maximum absolute atomic E-state index is 12.2. The first-order valence-electron chi connectivity index (χ1n) is 9.00. The molecule has 5 heteroatoms. The molecule has 0 fully saturated rings. The smallest absolute Gasteiger partial charge is 0.163 e. The number of aromatic hydroxyl groups is 1. The molecule has 0 spiro atoms. The second-order valence-corrected chi connectivity index (χ2v) is 6.42. The summed E-state index contributed by atoms with van der Waals surface area (Å²) >= 11 is 0. The third kappa shape index (κ3) is 3.11. The molecule has 0 aliphatic heterocycles. The van der Waals surface area contributed by atoms with Crippen LogP contribution in [0.15, 0.2) is 60.8 Å². The summed E-state index contributed by atoms with van der Waals surface area (Å²) in [6.45, 7) is 1.86. The Morgan fingerprint density at radius 1 is 1.04 bits per heavy atom. The number of phenols is 1. The highest BCUT2D eigenvalue weighted by molar-refractivity contribution is 6.08. The number of pyridine rings is 1. The fourth-order valence-corrected chi connectivity index (χ4v) is 3.27. The van der Waals surface area contributed by atoms with Crippen LogP contribution in [-0.2, 0) is 0 Å². The number of hydrogen-bond acceptors (Lipinski definition) is 5. The predicted octanol–water partition coefficient (Wildman–Crippen LogP) is 5.49. The second kappa shape index (κ2) is 7.19. The molecule has 0 unspecified atom stereocenters. The van der Waals surface area contributed by atoms with Crippen molar-refractivity contribution in [3.63, 3.8) is 0 Å². The highest BCUT2D eigenvalue weighted by atomic mass is 16.5. The van der Waals surface area contributed by atoms with Gasteiger partial charge in [-0.05, 0) is 41.1 Å². The molecule has 1 N–H and O–H groups in total. The van der Waals surface area contributed by atoms with Crippen molar-refractivity contribution in [3.05, 3.63) is 66.4 Å². The minimum absolute atomic E-state index is 0.0264. The Hall–Kier alpha value is -3.60. The zero-order valence-electron chi connectivity index (χ0n) is 15.6. The standard InChI is InChI=1S/C23H19NO4/c1-3-20(25)17-6-4-5-14-11-15(7-8-16(14)17)28-22-9-10-24-19-13-21(26)23(27-2)12-18(19)22/h4-13,26H,3H2,1-2H3. The molecule has 5 nitrogen and oxygen atoms in total. The van der Waals surface area contributed by atoms with Crippen LogP contribution >= 0.6 is 0 Å². The topological polar surface area (TPSA) is 68.7 Å². The minimum atomic E-state index is 0.0264. The van der Waals surface area contributed by atoms with E-state index in [4.69, 9.17) is 9.47 Å². The number of aromatic nitrogens is 1. The van der Waals surface area contributed by atoms with Gasteiger partial charge < -0.3 is 14.6 Å². The number of ketones is 1. The molecule has 1 heterocycles. The molecule has 0 saturated carbocycles. The molecule has 0 saturated heterocycles. The third-order valence-electron chi connectivity index (χ3n) is 4.70. The largest absolute Gasteiger partial charge is 0.504 e. The number of ether oxygens (including phenoxy) is 2. The van der Waals surface area contributed by atoms with Gasteiger partial charge in [-0.15, -0.1) is 0 Å². The monoisotopic (exact) mass is 373 g/mol. The zero-order chi connectivity index (χ0) is 19.7. The Labute approximate surface area is 162 Å². The third-order valence-corrected chi connectivity index (χ3v) is 4.70. The highest BCUT2D eigenvalue weighted by Gasteiger charge is 2.12. The molecular formula is C23H19NO4. The van der Waals surface area contributed by atoms with Crippen molar-refractivity contribution in [3.8, 4) is 23.0 Å². The quantitative estimate of drug-likeness (QED) is 0.469. The van der Waals surface area contributed by atoms with Crippen molar-refractivity contribution in [2.75, 3.05) is 7.11 Å². The fraction of sp³-hybridized carbons (Fsp3) is 0.130. The highest BCUT2D eigenvalue weighted by Crippen LogP contribution is 2.37. The van der Waals surface area contributed by atoms with E-state index in [1.165, 1.54) is 7.11 Å². The number of hydrogen-bond donors (Lipinski definition) is 1. The van der Waals surface area contributed by atoms with E-state index in [1.54, 1.807) is 24.4 Å². The van der Waals surface area contributed by atoms with Crippen molar-refractivity contribution < 1.29 is 19.4 Å². The van der Waals surface area contributed by atoms with Crippen LogP contribution < -0.4 is 9.47 Å². The molecule has 0 bridgehead atoms. The van der Waals surface area contributed by atoms with Crippen molar-refractivity contribution >= 4 is 27.5 Å². The number of carbonyl (C=O) groups is 1. The van der Waals surface area contributed by atoms with Crippen LogP contribution in [0.4, 0.5) is 0 Å². The summed E-state index contributed by atoms with van der Waals surface area (Å²) < 4.78 is 11.3. The van der Waals surface area contributed by atoms with Crippen molar-refractivity contribution in [1.82, 2.24) is 4.98 Å². The van der Waals surface area contributed by atoms with E-state index in [0.29, 0.717) is 29.2 Å². The van der Waals surface area contributed by atoms with Crippen LogP contribution in [0.5, 0.6) is 23.0 Å². The van der Waals surface area contributed by atoms with E-state index >= 15 is 0 Å². The molecule has 1 aromatic heterocycles. The Balaban J connectivity index is 1.77. The average molecular weight is 373 g/mol. The van der Waals surface area contributed by atoms with E-state index in [-0.39, 0.29) is 11.5 Å². The lowest BCUT2D eigenvalue weighted by molar-refractivity contribution is 0.0989. The van der Waals surface area contributed by atoms with Gasteiger partial charge in [0.25, 0.3) is 0 Å². The molecule has 4 rings (SSSR count). The van der Waals surface area contributed by atoms with Gasteiger partial charge in [-0.25, -0.2) is 0 Å². The second-order valence-electron chi connectivity index (χ2n) is 6.42. The summed E-state index contributed by atoms with van der Waals surface area (Å²) in [5, 5.41) is 12.5. The van der Waals surface area contributed by atoms with Gasteiger partial charge in [-0.3, -0.25) is 9.78 Å². The van der Waals surface area contributed by atoms with Gasteiger partial charge in [0.15, 0.2) is 17.3 Å². The first kappa shape index (κ1) is 17.8. The number of fused-ring (bicyclic) bond motifs is 2. The summed E-state index contributed by atoms with van der Waals surface area (Å²) in [5.41, 5.74) is 1.33. The molecule has 0 amide bonds. The summed E-state index contributed by atoms with van der Waals surface area (Å²) in [6, 6.07) is 16.4. The van der Waals surface area contributed by atoms with Gasteiger partial charge in [0.05, 0.1) is 12.6 Å².